The van der Waals surface area contributed by atoms with Crippen molar-refractivity contribution < 1.29 is 71.3 Å². The minimum atomic E-state index is -4.75. The van der Waals surface area contributed by atoms with Crippen molar-refractivity contribution in [2.24, 2.45) is 21.7 Å². The molecule has 2 unspecified atom stereocenters. The summed E-state index contributed by atoms with van der Waals surface area (Å²) in [5.74, 6) is -1.88. The van der Waals surface area contributed by atoms with E-state index < -0.39 is 79.7 Å². The highest BCUT2D eigenvalue weighted by Gasteiger charge is 2.36. The second-order valence-corrected chi connectivity index (χ2v) is 25.7. The molecule has 442 valence electrons. The molecule has 0 radical (unpaired) electrons. The van der Waals surface area contributed by atoms with Crippen molar-refractivity contribution in [3.8, 4) is 0 Å². The molecular formula is C56H93N6O15P. The molecule has 2 atom stereocenters. The summed E-state index contributed by atoms with van der Waals surface area (Å²) >= 11 is 0. The van der Waals surface area contributed by atoms with Crippen LogP contribution in [-0.2, 0) is 56.5 Å². The minimum Gasteiger partial charge on any atom is -0.461 e. The van der Waals surface area contributed by atoms with E-state index in [9.17, 15) is 38.5 Å². The van der Waals surface area contributed by atoms with Gasteiger partial charge in [-0.1, -0.05) is 59.8 Å². The largest absolute Gasteiger partial charge is 0.472 e. The van der Waals surface area contributed by atoms with Gasteiger partial charge < -0.3 is 54.5 Å². The standard InChI is InChI=1S/C56H93N6O15P/c1-51(2,3)22-24-53(7,8)48(66)72-37-45(76-49(67)54(9,10)25-23-52(4,5)6)38-75-78(69,70)74-36-31-60-50(68)77-56(13,14)27-35-73-55(11,12)26-29-58-46(64)39-71-40-47(65)59-30-32-62(33-34-63)44-19-16-42(17-20-44)15-18-43-21-28-57-41-61-43/h15-21,28,41,45,63H,22-27,29-40H2,1-14H3,(H,58,64)(H,59,65)(H,60,68)(H,69,70)/b18-15+. The van der Waals surface area contributed by atoms with Gasteiger partial charge in [-0.05, 0) is 128 Å². The molecule has 1 aromatic carbocycles. The third-order valence-electron chi connectivity index (χ3n) is 12.3. The first-order chi connectivity index (χ1) is 36.1. The fourth-order valence-corrected chi connectivity index (χ4v) is 7.67. The van der Waals surface area contributed by atoms with Crippen LogP contribution < -0.4 is 20.9 Å². The molecule has 0 aliphatic carbocycles. The number of phosphoric acid groups is 1. The second kappa shape index (κ2) is 32.3. The van der Waals surface area contributed by atoms with E-state index in [-0.39, 0.29) is 56.3 Å². The van der Waals surface area contributed by atoms with Crippen LogP contribution in [0.4, 0.5) is 10.5 Å². The molecule has 21 nitrogen and oxygen atoms in total. The van der Waals surface area contributed by atoms with Crippen molar-refractivity contribution in [2.45, 2.75) is 153 Å². The predicted octanol–water partition coefficient (Wildman–Crippen LogP) is 8.07. The number of nitrogens with one attached hydrogen (secondary N) is 3. The lowest BCUT2D eigenvalue weighted by Gasteiger charge is -2.30. The maximum Gasteiger partial charge on any atom is 0.472 e. The molecule has 0 saturated heterocycles. The Morgan fingerprint density at radius 3 is 1.85 bits per heavy atom. The van der Waals surface area contributed by atoms with E-state index in [1.165, 1.54) is 6.33 Å². The zero-order valence-electron chi connectivity index (χ0n) is 49.0. The van der Waals surface area contributed by atoms with Gasteiger partial charge in [0, 0.05) is 51.0 Å². The second-order valence-electron chi connectivity index (χ2n) is 24.3. The molecule has 0 aliphatic heterocycles. The number of alkyl carbamates (subject to hydrolysis) is 1. The van der Waals surface area contributed by atoms with Crippen molar-refractivity contribution in [2.75, 3.05) is 83.9 Å². The van der Waals surface area contributed by atoms with E-state index in [1.54, 1.807) is 47.7 Å². The molecule has 0 fully saturated rings. The number of benzene rings is 1. The molecule has 1 aromatic heterocycles. The smallest absolute Gasteiger partial charge is 0.461 e. The maximum atomic E-state index is 13.4. The van der Waals surface area contributed by atoms with Gasteiger partial charge >= 0.3 is 25.9 Å². The number of aromatic nitrogens is 2. The van der Waals surface area contributed by atoms with Gasteiger partial charge in [0.2, 0.25) is 11.8 Å². The van der Waals surface area contributed by atoms with Gasteiger partial charge in [0.1, 0.15) is 31.7 Å². The Bertz CT molecular complexity index is 2230. The third-order valence-corrected chi connectivity index (χ3v) is 13.3. The van der Waals surface area contributed by atoms with Crippen LogP contribution >= 0.6 is 7.82 Å². The first-order valence-corrected chi connectivity index (χ1v) is 28.2. The molecule has 3 amide bonds. The van der Waals surface area contributed by atoms with Crippen LogP contribution in [0.5, 0.6) is 0 Å². The fourth-order valence-electron chi connectivity index (χ4n) is 6.92. The molecule has 0 bridgehead atoms. The van der Waals surface area contributed by atoms with E-state index in [2.05, 4.69) is 67.5 Å². The Morgan fingerprint density at radius 1 is 0.667 bits per heavy atom. The van der Waals surface area contributed by atoms with Gasteiger partial charge in [0.25, 0.3) is 0 Å². The summed E-state index contributed by atoms with van der Waals surface area (Å²) in [7, 11) is -4.75. The number of carbonyl (C=O) groups excluding carboxylic acids is 5. The number of ether oxygens (including phenoxy) is 5. The molecule has 2 rings (SSSR count). The normalized spacial score (nSPS) is 13.8. The Balaban J connectivity index is 1.71. The van der Waals surface area contributed by atoms with Crippen LogP contribution in [0.25, 0.3) is 12.2 Å². The zero-order valence-corrected chi connectivity index (χ0v) is 49.9. The highest BCUT2D eigenvalue weighted by Crippen LogP contribution is 2.43. The van der Waals surface area contributed by atoms with Gasteiger partial charge in [-0.25, -0.2) is 19.3 Å². The molecule has 78 heavy (non-hydrogen) atoms. The number of hydrogen-bond acceptors (Lipinski definition) is 17. The number of aliphatic hydroxyl groups excluding tert-OH is 1. The monoisotopic (exact) mass is 1120 g/mol. The highest BCUT2D eigenvalue weighted by molar-refractivity contribution is 7.47. The van der Waals surface area contributed by atoms with Gasteiger partial charge in [0.05, 0.1) is 48.6 Å². The van der Waals surface area contributed by atoms with E-state index in [4.69, 9.17) is 32.7 Å². The number of esters is 2. The number of nitrogens with zero attached hydrogens (tertiary/aromatic N) is 3. The summed E-state index contributed by atoms with van der Waals surface area (Å²) in [5, 5.41) is 17.6. The van der Waals surface area contributed by atoms with Crippen LogP contribution in [0.3, 0.4) is 0 Å². The SMILES string of the molecule is CC(C)(C)CCC(C)(C)C(=O)OCC(COP(=O)(O)OCCNC(=O)OC(C)(C)CCOC(C)(C)CCNC(=O)COCC(=O)NCCN(CCO)c1ccc(/C=C/c2ccncn2)cc1)OC(=O)C(C)(C)CCC(C)(C)C. The van der Waals surface area contributed by atoms with Gasteiger partial charge in [-0.3, -0.25) is 28.2 Å². The van der Waals surface area contributed by atoms with Gasteiger partial charge in [0.15, 0.2) is 6.10 Å². The van der Waals surface area contributed by atoms with Crippen molar-refractivity contribution in [3.05, 3.63) is 54.1 Å². The van der Waals surface area contributed by atoms with E-state index in [0.29, 0.717) is 45.3 Å². The van der Waals surface area contributed by atoms with Gasteiger partial charge in [-0.2, -0.15) is 0 Å². The molecule has 2 aromatic rings. The predicted molar refractivity (Wildman–Crippen MR) is 299 cm³/mol. The molecule has 1 heterocycles. The first-order valence-electron chi connectivity index (χ1n) is 26.7. The Kier molecular flexibility index (Phi) is 28.6. The van der Waals surface area contributed by atoms with Crippen molar-refractivity contribution in [3.63, 3.8) is 0 Å². The topological polar surface area (TPSA) is 273 Å². The summed E-state index contributed by atoms with van der Waals surface area (Å²) in [6, 6.07) is 9.58. The Morgan fingerprint density at radius 2 is 1.27 bits per heavy atom. The van der Waals surface area contributed by atoms with E-state index in [0.717, 1.165) is 29.8 Å². The quantitative estimate of drug-likeness (QED) is 0.0187. The molecule has 0 aliphatic rings. The Hall–Kier alpha value is -5.02. The molecule has 22 heteroatoms. The first kappa shape index (κ1) is 69.1. The summed E-state index contributed by atoms with van der Waals surface area (Å²) in [4.78, 5) is 84.6. The lowest BCUT2D eigenvalue weighted by Crippen LogP contribution is -2.39. The van der Waals surface area contributed by atoms with Crippen LogP contribution in [0.2, 0.25) is 0 Å². The average Bonchev–Trinajstić information content (AvgIpc) is 3.33. The summed E-state index contributed by atoms with van der Waals surface area (Å²) in [6.45, 7) is 25.8. The van der Waals surface area contributed by atoms with Crippen LogP contribution in [-0.4, -0.2) is 146 Å². The van der Waals surface area contributed by atoms with Crippen LogP contribution in [0.15, 0.2) is 42.9 Å². The van der Waals surface area contributed by atoms with E-state index >= 15 is 0 Å². The summed E-state index contributed by atoms with van der Waals surface area (Å²) < 4.78 is 51.5. The fraction of sp³-hybridized carbons (Fsp3) is 0.696. The number of amides is 3. The number of hydrogen-bond donors (Lipinski definition) is 5. The zero-order chi connectivity index (χ0) is 58.9. The number of phosphoric ester groups is 1. The average molecular weight is 1120 g/mol. The van der Waals surface area contributed by atoms with Crippen molar-refractivity contribution in [1.29, 1.82) is 0 Å². The van der Waals surface area contributed by atoms with E-state index in [1.807, 2.05) is 61.2 Å². The maximum absolute atomic E-state index is 13.4. The molecule has 0 spiro atoms. The highest BCUT2D eigenvalue weighted by atomic mass is 31.2. The minimum absolute atomic E-state index is 0.00753. The van der Waals surface area contributed by atoms with Crippen molar-refractivity contribution >= 4 is 55.5 Å². The number of rotatable bonds is 36. The number of aliphatic hydroxyl groups is 1. The summed E-state index contributed by atoms with van der Waals surface area (Å²) in [5.41, 5.74) is -0.790. The summed E-state index contributed by atoms with van der Waals surface area (Å²) in [6.07, 6.45) is 8.26. The number of anilines is 1. The molecule has 0 saturated carbocycles. The lowest BCUT2D eigenvalue weighted by molar-refractivity contribution is -0.172. The lowest BCUT2D eigenvalue weighted by atomic mass is 9.80. The Labute approximate surface area is 463 Å². The van der Waals surface area contributed by atoms with Crippen LogP contribution in [0, 0.1) is 21.7 Å². The molecular weight excluding hydrogens is 1030 g/mol. The van der Waals surface area contributed by atoms with Crippen molar-refractivity contribution in [1.82, 2.24) is 25.9 Å². The third kappa shape index (κ3) is 30.9. The molecule has 5 N–H and O–H groups in total. The van der Waals surface area contributed by atoms with Gasteiger partial charge in [-0.15, -0.1) is 0 Å². The number of carbonyl (C=O) groups is 5. The van der Waals surface area contributed by atoms with Crippen LogP contribution in [0.1, 0.15) is 147 Å².